The molecule has 8 nitrogen and oxygen atoms in total. The quantitative estimate of drug-likeness (QED) is 0.520. The van der Waals surface area contributed by atoms with E-state index in [4.69, 9.17) is 4.42 Å². The lowest BCUT2D eigenvalue weighted by Crippen LogP contribution is -2.49. The molecule has 5 rings (SSSR count). The molecule has 1 aliphatic rings. The molecule has 1 aromatic carbocycles. The third kappa shape index (κ3) is 2.89. The number of carbonyl (C=O) groups is 1. The highest BCUT2D eigenvalue weighted by molar-refractivity contribution is 5.99. The molecule has 4 aromatic rings. The Morgan fingerprint density at radius 2 is 1.93 bits per heavy atom. The lowest BCUT2D eigenvalue weighted by molar-refractivity contribution is 0.0715. The van der Waals surface area contributed by atoms with E-state index in [9.17, 15) is 9.18 Å². The number of hydrogen-bond acceptors (Lipinski definition) is 6. The van der Waals surface area contributed by atoms with Gasteiger partial charge in [-0.3, -0.25) is 4.79 Å². The van der Waals surface area contributed by atoms with E-state index in [1.54, 1.807) is 22.4 Å². The first-order valence-electron chi connectivity index (χ1n) is 9.41. The number of hydrogen-bond donors (Lipinski definition) is 0. The molecule has 0 bridgehead atoms. The maximum atomic E-state index is 13.5. The molecule has 9 heteroatoms. The Kier molecular flexibility index (Phi) is 3.97. The van der Waals surface area contributed by atoms with Crippen LogP contribution in [-0.2, 0) is 0 Å². The van der Waals surface area contributed by atoms with Gasteiger partial charge in [-0.1, -0.05) is 0 Å². The number of halogens is 1. The maximum Gasteiger partial charge on any atom is 0.290 e. The number of rotatable bonds is 2. The average Bonchev–Trinajstić information content (AvgIpc) is 3.31. The van der Waals surface area contributed by atoms with Crippen LogP contribution in [0.1, 0.15) is 21.8 Å². The fourth-order valence-corrected chi connectivity index (χ4v) is 3.82. The Morgan fingerprint density at radius 3 is 2.72 bits per heavy atom. The standard InChI is InChI=1S/C20H19FN6O2/c1-12-9-17(27-20(24-12)22-11-23-27)25-5-7-26(8-6-25)19(28)18-13(2)15-10-14(21)3-4-16(15)29-18/h3-4,9-11H,5-8H2,1-2H3. The van der Waals surface area contributed by atoms with Crippen molar-refractivity contribution in [3.63, 3.8) is 0 Å². The van der Waals surface area contributed by atoms with Gasteiger partial charge >= 0.3 is 0 Å². The number of nitrogens with zero attached hydrogens (tertiary/aromatic N) is 6. The second-order valence-corrected chi connectivity index (χ2v) is 7.20. The summed E-state index contributed by atoms with van der Waals surface area (Å²) < 4.78 is 21.0. The molecule has 4 heterocycles. The average molecular weight is 394 g/mol. The summed E-state index contributed by atoms with van der Waals surface area (Å²) in [7, 11) is 0. The van der Waals surface area contributed by atoms with Gasteiger partial charge in [0.1, 0.15) is 23.5 Å². The summed E-state index contributed by atoms with van der Waals surface area (Å²) in [4.78, 5) is 25.5. The van der Waals surface area contributed by atoms with Crippen LogP contribution in [0.25, 0.3) is 16.7 Å². The SMILES string of the molecule is Cc1cc(N2CCN(C(=O)c3oc4ccc(F)cc4c3C)CC2)n2ncnc2n1. The van der Waals surface area contributed by atoms with Crippen LogP contribution >= 0.6 is 0 Å². The van der Waals surface area contributed by atoms with E-state index in [1.807, 2.05) is 13.0 Å². The van der Waals surface area contributed by atoms with Gasteiger partial charge in [0.05, 0.1) is 0 Å². The number of aromatic nitrogens is 4. The predicted molar refractivity (Wildman–Crippen MR) is 105 cm³/mol. The maximum absolute atomic E-state index is 13.5. The van der Waals surface area contributed by atoms with Gasteiger partial charge in [0.15, 0.2) is 5.76 Å². The Hall–Kier alpha value is -3.49. The molecular formula is C20H19FN6O2. The first kappa shape index (κ1) is 17.6. The van der Waals surface area contributed by atoms with E-state index >= 15 is 0 Å². The van der Waals surface area contributed by atoms with Gasteiger partial charge in [0.25, 0.3) is 11.7 Å². The molecule has 1 saturated heterocycles. The predicted octanol–water partition coefficient (Wildman–Crippen LogP) is 2.59. The second-order valence-electron chi connectivity index (χ2n) is 7.20. The normalized spacial score (nSPS) is 14.9. The Morgan fingerprint density at radius 1 is 1.14 bits per heavy atom. The lowest BCUT2D eigenvalue weighted by atomic mass is 10.1. The number of furan rings is 1. The monoisotopic (exact) mass is 394 g/mol. The van der Waals surface area contributed by atoms with Crippen LogP contribution in [0.4, 0.5) is 10.2 Å². The molecule has 1 amide bonds. The van der Waals surface area contributed by atoms with Gasteiger partial charge in [-0.15, -0.1) is 0 Å². The molecule has 148 valence electrons. The molecule has 1 aliphatic heterocycles. The van der Waals surface area contributed by atoms with E-state index in [0.717, 1.165) is 11.5 Å². The van der Waals surface area contributed by atoms with Crippen molar-refractivity contribution in [2.24, 2.45) is 0 Å². The summed E-state index contributed by atoms with van der Waals surface area (Å²) in [5, 5.41) is 4.89. The van der Waals surface area contributed by atoms with Gasteiger partial charge in [-0.2, -0.15) is 14.6 Å². The molecular weight excluding hydrogens is 375 g/mol. The molecule has 0 aliphatic carbocycles. The minimum atomic E-state index is -0.346. The highest BCUT2D eigenvalue weighted by Crippen LogP contribution is 2.27. The summed E-state index contributed by atoms with van der Waals surface area (Å²) in [5.74, 6) is 1.23. The Bertz CT molecular complexity index is 1240. The molecule has 0 N–H and O–H groups in total. The zero-order valence-electron chi connectivity index (χ0n) is 16.1. The smallest absolute Gasteiger partial charge is 0.290 e. The van der Waals surface area contributed by atoms with E-state index < -0.39 is 0 Å². The summed E-state index contributed by atoms with van der Waals surface area (Å²) >= 11 is 0. The number of fused-ring (bicyclic) bond motifs is 2. The van der Waals surface area contributed by atoms with Gasteiger partial charge in [0, 0.05) is 48.9 Å². The number of anilines is 1. The topological polar surface area (TPSA) is 79.8 Å². The van der Waals surface area contributed by atoms with Crippen LogP contribution in [0.15, 0.2) is 35.0 Å². The van der Waals surface area contributed by atoms with Crippen molar-refractivity contribution in [1.29, 1.82) is 0 Å². The van der Waals surface area contributed by atoms with Gasteiger partial charge in [-0.05, 0) is 32.0 Å². The third-order valence-electron chi connectivity index (χ3n) is 5.34. The number of carbonyl (C=O) groups excluding carboxylic acids is 1. The van der Waals surface area contributed by atoms with Crippen molar-refractivity contribution < 1.29 is 13.6 Å². The Labute approximate surface area is 165 Å². The van der Waals surface area contributed by atoms with Crippen molar-refractivity contribution in [2.75, 3.05) is 31.1 Å². The largest absolute Gasteiger partial charge is 0.451 e. The number of aryl methyl sites for hydroxylation is 2. The molecule has 3 aromatic heterocycles. The highest BCUT2D eigenvalue weighted by Gasteiger charge is 2.28. The summed E-state index contributed by atoms with van der Waals surface area (Å²) in [6.45, 7) is 6.10. The zero-order chi connectivity index (χ0) is 20.1. The van der Waals surface area contributed by atoms with Crippen molar-refractivity contribution >= 4 is 28.5 Å². The highest BCUT2D eigenvalue weighted by atomic mass is 19.1. The fourth-order valence-electron chi connectivity index (χ4n) is 3.82. The fraction of sp³-hybridized carbons (Fsp3) is 0.300. The van der Waals surface area contributed by atoms with Crippen molar-refractivity contribution in [3.05, 3.63) is 53.4 Å². The van der Waals surface area contributed by atoms with E-state index in [1.165, 1.54) is 18.5 Å². The first-order valence-corrected chi connectivity index (χ1v) is 9.41. The lowest BCUT2D eigenvalue weighted by Gasteiger charge is -2.35. The zero-order valence-corrected chi connectivity index (χ0v) is 16.1. The van der Waals surface area contributed by atoms with Gasteiger partial charge < -0.3 is 14.2 Å². The van der Waals surface area contributed by atoms with Crippen molar-refractivity contribution in [3.8, 4) is 0 Å². The minimum Gasteiger partial charge on any atom is -0.451 e. The van der Waals surface area contributed by atoms with Crippen LogP contribution in [0.5, 0.6) is 0 Å². The van der Waals surface area contributed by atoms with Crippen molar-refractivity contribution in [2.45, 2.75) is 13.8 Å². The number of benzene rings is 1. The first-order chi connectivity index (χ1) is 14.0. The molecule has 0 spiro atoms. The van der Waals surface area contributed by atoms with Crippen molar-refractivity contribution in [1.82, 2.24) is 24.5 Å². The van der Waals surface area contributed by atoms with Crippen LogP contribution in [0, 0.1) is 19.7 Å². The van der Waals surface area contributed by atoms with Crippen LogP contribution in [-0.4, -0.2) is 56.6 Å². The van der Waals surface area contributed by atoms with E-state index in [0.29, 0.717) is 48.5 Å². The second kappa shape index (κ2) is 6.54. The summed E-state index contributed by atoms with van der Waals surface area (Å²) in [5.41, 5.74) is 2.05. The van der Waals surface area contributed by atoms with E-state index in [-0.39, 0.29) is 17.5 Å². The van der Waals surface area contributed by atoms with Gasteiger partial charge in [0.2, 0.25) is 0 Å². The molecule has 0 saturated carbocycles. The molecule has 0 unspecified atom stereocenters. The molecule has 29 heavy (non-hydrogen) atoms. The summed E-state index contributed by atoms with van der Waals surface area (Å²) in [6.07, 6.45) is 1.48. The van der Waals surface area contributed by atoms with Crippen LogP contribution in [0.3, 0.4) is 0 Å². The van der Waals surface area contributed by atoms with Crippen LogP contribution in [0.2, 0.25) is 0 Å². The molecule has 0 atom stereocenters. The number of amides is 1. The third-order valence-corrected chi connectivity index (χ3v) is 5.34. The number of piperazine rings is 1. The molecule has 1 fully saturated rings. The minimum absolute atomic E-state index is 0.171. The molecule has 0 radical (unpaired) electrons. The van der Waals surface area contributed by atoms with Crippen LogP contribution < -0.4 is 4.90 Å². The van der Waals surface area contributed by atoms with E-state index in [2.05, 4.69) is 20.0 Å². The summed E-state index contributed by atoms with van der Waals surface area (Å²) in [6, 6.07) is 6.26. The van der Waals surface area contributed by atoms with Gasteiger partial charge in [-0.25, -0.2) is 9.37 Å². The Balaban J connectivity index is 1.37.